The largest absolute Gasteiger partial charge is 0.491 e. The Kier molecular flexibility index (Phi) is 10.8. The van der Waals surface area contributed by atoms with Gasteiger partial charge in [-0.05, 0) is 23.8 Å². The van der Waals surface area contributed by atoms with E-state index in [1.165, 1.54) is 0 Å². The van der Waals surface area contributed by atoms with Crippen LogP contribution in [0.5, 0.6) is 5.75 Å². The van der Waals surface area contributed by atoms with Crippen molar-refractivity contribution in [2.45, 2.75) is 32.5 Å². The third-order valence-corrected chi connectivity index (χ3v) is 3.40. The normalized spacial score (nSPS) is 11.7. The van der Waals surface area contributed by atoms with E-state index in [-0.39, 0.29) is 6.61 Å². The Hall–Kier alpha value is -3.17. The molecule has 1 heterocycles. The molecule has 0 fully saturated rings. The van der Waals surface area contributed by atoms with E-state index < -0.39 is 18.0 Å². The summed E-state index contributed by atoms with van der Waals surface area (Å²) in [4.78, 5) is 19.1. The van der Waals surface area contributed by atoms with Crippen molar-refractivity contribution < 1.29 is 29.6 Å². The molecule has 0 aliphatic carbocycles. The van der Waals surface area contributed by atoms with Crippen molar-refractivity contribution in [1.29, 1.82) is 0 Å². The molecule has 1 aromatic heterocycles. The van der Waals surface area contributed by atoms with Crippen LogP contribution in [0, 0.1) is 0 Å². The van der Waals surface area contributed by atoms with Gasteiger partial charge in [0.05, 0.1) is 6.54 Å². The number of carbonyl (C=O) groups is 2. The number of carboxylic acids is 2. The predicted molar refractivity (Wildman–Crippen MR) is 107 cm³/mol. The zero-order chi connectivity index (χ0) is 21.6. The van der Waals surface area contributed by atoms with Crippen molar-refractivity contribution >= 4 is 11.9 Å². The summed E-state index contributed by atoms with van der Waals surface area (Å²) in [6, 6.07) is 10.1. The molecule has 2 aromatic rings. The van der Waals surface area contributed by atoms with E-state index in [0.29, 0.717) is 24.7 Å². The van der Waals surface area contributed by atoms with E-state index in [1.807, 2.05) is 55.1 Å². The highest BCUT2D eigenvalue weighted by Gasteiger charge is 2.06. The second-order valence-electron chi connectivity index (χ2n) is 6.39. The molecule has 0 aliphatic rings. The molecule has 0 amide bonds. The maximum atomic E-state index is 9.79. The molecule has 0 radical (unpaired) electrons. The van der Waals surface area contributed by atoms with Crippen LogP contribution in [0.15, 0.2) is 54.9 Å². The number of nitrogens with zero attached hydrogens (tertiary/aromatic N) is 2. The molecule has 0 bridgehead atoms. The summed E-state index contributed by atoms with van der Waals surface area (Å²) in [5, 5.41) is 32.8. The molecule has 2 rings (SSSR count). The lowest BCUT2D eigenvalue weighted by Crippen LogP contribution is -2.35. The SMILES string of the molecule is CC(C)NCC(O)COc1ccc(Cn2cccn2)cc1.O=C(O)C=CC(=O)O. The molecule has 0 spiro atoms. The van der Waals surface area contributed by atoms with E-state index in [0.717, 1.165) is 17.9 Å². The number of nitrogens with one attached hydrogen (secondary N) is 1. The first-order valence-electron chi connectivity index (χ1n) is 9.00. The molecule has 158 valence electrons. The van der Waals surface area contributed by atoms with E-state index in [9.17, 15) is 14.7 Å². The first kappa shape index (κ1) is 23.9. The number of aliphatic hydroxyl groups is 1. The quantitative estimate of drug-likeness (QED) is 0.436. The average molecular weight is 405 g/mol. The van der Waals surface area contributed by atoms with Gasteiger partial charge in [0, 0.05) is 37.1 Å². The van der Waals surface area contributed by atoms with E-state index >= 15 is 0 Å². The van der Waals surface area contributed by atoms with Gasteiger partial charge in [0.25, 0.3) is 0 Å². The molecule has 29 heavy (non-hydrogen) atoms. The monoisotopic (exact) mass is 405 g/mol. The second-order valence-corrected chi connectivity index (χ2v) is 6.39. The Labute approximate surface area is 169 Å². The number of aliphatic carboxylic acids is 2. The molecule has 1 atom stereocenters. The van der Waals surface area contributed by atoms with E-state index in [4.69, 9.17) is 14.9 Å². The second kappa shape index (κ2) is 13.1. The van der Waals surface area contributed by atoms with Gasteiger partial charge in [0.2, 0.25) is 0 Å². The van der Waals surface area contributed by atoms with Crippen LogP contribution in [-0.2, 0) is 16.1 Å². The number of carboxylic acid groups (broad SMARTS) is 2. The van der Waals surface area contributed by atoms with Gasteiger partial charge in [-0.3, -0.25) is 4.68 Å². The van der Waals surface area contributed by atoms with Crippen LogP contribution in [0.1, 0.15) is 19.4 Å². The summed E-state index contributed by atoms with van der Waals surface area (Å²) in [5.41, 5.74) is 1.16. The molecule has 1 unspecified atom stereocenters. The van der Waals surface area contributed by atoms with Gasteiger partial charge in [-0.2, -0.15) is 5.10 Å². The number of aliphatic hydroxyl groups excluding tert-OH is 1. The van der Waals surface area contributed by atoms with Crippen LogP contribution < -0.4 is 10.1 Å². The predicted octanol–water partition coefficient (Wildman–Crippen LogP) is 1.38. The van der Waals surface area contributed by atoms with Crippen LogP contribution in [0.25, 0.3) is 0 Å². The molecule has 0 saturated heterocycles. The number of ether oxygens (including phenoxy) is 1. The average Bonchev–Trinajstić information content (AvgIpc) is 3.17. The molecule has 9 heteroatoms. The maximum Gasteiger partial charge on any atom is 0.328 e. The first-order chi connectivity index (χ1) is 13.8. The van der Waals surface area contributed by atoms with Crippen LogP contribution in [-0.4, -0.2) is 62.3 Å². The maximum absolute atomic E-state index is 9.79. The zero-order valence-corrected chi connectivity index (χ0v) is 16.4. The van der Waals surface area contributed by atoms with Crippen LogP contribution in [0.3, 0.4) is 0 Å². The summed E-state index contributed by atoms with van der Waals surface area (Å²) in [6.07, 6.45) is 4.31. The molecule has 1 aromatic carbocycles. The van der Waals surface area contributed by atoms with Gasteiger partial charge < -0.3 is 25.4 Å². The van der Waals surface area contributed by atoms with Crippen molar-refractivity contribution in [3.8, 4) is 5.75 Å². The fraction of sp³-hybridized carbons (Fsp3) is 0.350. The highest BCUT2D eigenvalue weighted by molar-refractivity contribution is 5.89. The number of hydrogen-bond donors (Lipinski definition) is 4. The Bertz CT molecular complexity index is 741. The molecule has 0 aliphatic heterocycles. The van der Waals surface area contributed by atoms with Gasteiger partial charge in [-0.15, -0.1) is 0 Å². The van der Waals surface area contributed by atoms with Gasteiger partial charge >= 0.3 is 11.9 Å². The van der Waals surface area contributed by atoms with Crippen molar-refractivity contribution in [2.75, 3.05) is 13.2 Å². The first-order valence-corrected chi connectivity index (χ1v) is 9.00. The summed E-state index contributed by atoms with van der Waals surface area (Å²) in [5.74, 6) is -1.75. The number of rotatable bonds is 10. The van der Waals surface area contributed by atoms with Crippen molar-refractivity contribution in [3.05, 3.63) is 60.4 Å². The minimum atomic E-state index is -1.26. The van der Waals surface area contributed by atoms with E-state index in [2.05, 4.69) is 10.4 Å². The fourth-order valence-electron chi connectivity index (χ4n) is 2.04. The fourth-order valence-corrected chi connectivity index (χ4v) is 2.04. The Morgan fingerprint density at radius 1 is 1.17 bits per heavy atom. The van der Waals surface area contributed by atoms with Crippen LogP contribution >= 0.6 is 0 Å². The lowest BCUT2D eigenvalue weighted by atomic mass is 10.2. The topological polar surface area (TPSA) is 134 Å². The molecule has 9 nitrogen and oxygen atoms in total. The summed E-state index contributed by atoms with van der Waals surface area (Å²) < 4.78 is 7.45. The standard InChI is InChI=1S/C16H23N3O2.C4H4O4/c1-13(2)17-10-15(20)12-21-16-6-4-14(5-7-16)11-19-9-3-8-18-19;5-3(6)1-2-4(7)8/h3-9,13,15,17,20H,10-12H2,1-2H3;1-2H,(H,5,6)(H,7,8). The van der Waals surface area contributed by atoms with Gasteiger partial charge in [-0.1, -0.05) is 26.0 Å². The molecular formula is C20H27N3O6. The lowest BCUT2D eigenvalue weighted by Gasteiger charge is -2.15. The molecule has 0 saturated carbocycles. The van der Waals surface area contributed by atoms with Gasteiger partial charge in [-0.25, -0.2) is 9.59 Å². The summed E-state index contributed by atoms with van der Waals surface area (Å²) >= 11 is 0. The number of hydrogen-bond acceptors (Lipinski definition) is 6. The lowest BCUT2D eigenvalue weighted by molar-refractivity contribution is -0.134. The summed E-state index contributed by atoms with van der Waals surface area (Å²) in [6.45, 7) is 5.67. The van der Waals surface area contributed by atoms with Gasteiger partial charge in [0.15, 0.2) is 0 Å². The minimum absolute atomic E-state index is 0.290. The smallest absolute Gasteiger partial charge is 0.328 e. The Balaban J connectivity index is 0.000000447. The third kappa shape index (κ3) is 12.0. The summed E-state index contributed by atoms with van der Waals surface area (Å²) in [7, 11) is 0. The van der Waals surface area contributed by atoms with Crippen LogP contribution in [0.2, 0.25) is 0 Å². The van der Waals surface area contributed by atoms with Crippen molar-refractivity contribution in [1.82, 2.24) is 15.1 Å². The number of aromatic nitrogens is 2. The highest BCUT2D eigenvalue weighted by Crippen LogP contribution is 2.13. The van der Waals surface area contributed by atoms with Gasteiger partial charge in [0.1, 0.15) is 18.5 Å². The minimum Gasteiger partial charge on any atom is -0.491 e. The zero-order valence-electron chi connectivity index (χ0n) is 16.4. The highest BCUT2D eigenvalue weighted by atomic mass is 16.5. The van der Waals surface area contributed by atoms with Crippen LogP contribution in [0.4, 0.5) is 0 Å². The number of benzene rings is 1. The van der Waals surface area contributed by atoms with Crippen molar-refractivity contribution in [3.63, 3.8) is 0 Å². The van der Waals surface area contributed by atoms with E-state index in [1.54, 1.807) is 6.20 Å². The Morgan fingerprint density at radius 2 is 1.79 bits per heavy atom. The molecular weight excluding hydrogens is 378 g/mol. The Morgan fingerprint density at radius 3 is 2.28 bits per heavy atom. The van der Waals surface area contributed by atoms with Crippen molar-refractivity contribution in [2.24, 2.45) is 0 Å². The molecule has 4 N–H and O–H groups in total. The third-order valence-electron chi connectivity index (χ3n) is 3.40.